The molecule has 1 aromatic heterocycles. The van der Waals surface area contributed by atoms with Crippen LogP contribution in [0.25, 0.3) is 0 Å². The summed E-state index contributed by atoms with van der Waals surface area (Å²) < 4.78 is 5.61. The third kappa shape index (κ3) is 1.43. The van der Waals surface area contributed by atoms with Gasteiger partial charge in [-0.2, -0.15) is 5.10 Å². The normalized spacial score (nSPS) is 29.1. The van der Waals surface area contributed by atoms with Crippen LogP contribution in [0.1, 0.15) is 19.3 Å². The maximum absolute atomic E-state index is 5.84. The van der Waals surface area contributed by atoms with Crippen molar-refractivity contribution in [2.45, 2.75) is 31.4 Å². The van der Waals surface area contributed by atoms with Gasteiger partial charge in [0.25, 0.3) is 0 Å². The zero-order valence-corrected chi connectivity index (χ0v) is 6.86. The molecule has 4 heteroatoms. The largest absolute Gasteiger partial charge is 0.486 e. The van der Waals surface area contributed by atoms with Crippen LogP contribution in [0.15, 0.2) is 12.4 Å². The minimum Gasteiger partial charge on any atom is -0.486 e. The molecular weight excluding hydrogens is 154 g/mol. The van der Waals surface area contributed by atoms with Crippen molar-refractivity contribution in [2.24, 2.45) is 5.73 Å². The Morgan fingerprint density at radius 3 is 3.08 bits per heavy atom. The number of aromatic amines is 1. The Hall–Kier alpha value is -1.03. The number of aromatic nitrogens is 2. The van der Waals surface area contributed by atoms with E-state index in [4.69, 9.17) is 10.5 Å². The van der Waals surface area contributed by atoms with E-state index in [0.29, 0.717) is 0 Å². The van der Waals surface area contributed by atoms with Crippen molar-refractivity contribution in [3.8, 4) is 5.75 Å². The van der Waals surface area contributed by atoms with Gasteiger partial charge in [0.1, 0.15) is 6.10 Å². The van der Waals surface area contributed by atoms with E-state index < -0.39 is 0 Å². The number of nitrogens with two attached hydrogens (primary N) is 1. The van der Waals surface area contributed by atoms with Crippen LogP contribution >= 0.6 is 0 Å². The maximum atomic E-state index is 5.84. The van der Waals surface area contributed by atoms with Gasteiger partial charge in [-0.25, -0.2) is 0 Å². The van der Waals surface area contributed by atoms with Crippen molar-refractivity contribution in [1.82, 2.24) is 10.2 Å². The highest BCUT2D eigenvalue weighted by Crippen LogP contribution is 2.22. The highest BCUT2D eigenvalue weighted by Gasteiger charge is 2.25. The maximum Gasteiger partial charge on any atom is 0.157 e. The van der Waals surface area contributed by atoms with Crippen LogP contribution in [0.3, 0.4) is 0 Å². The van der Waals surface area contributed by atoms with E-state index in [-0.39, 0.29) is 12.1 Å². The SMILES string of the molecule is NC1CCCC1Oc1cn[nH]c1. The number of ether oxygens (including phenoxy) is 1. The minimum atomic E-state index is 0.183. The fraction of sp³-hybridized carbons (Fsp3) is 0.625. The van der Waals surface area contributed by atoms with Gasteiger partial charge in [-0.1, -0.05) is 0 Å². The summed E-state index contributed by atoms with van der Waals surface area (Å²) in [6.07, 6.45) is 6.90. The fourth-order valence-corrected chi connectivity index (χ4v) is 1.58. The average Bonchev–Trinajstić information content (AvgIpc) is 2.65. The Labute approximate surface area is 71.1 Å². The van der Waals surface area contributed by atoms with E-state index in [0.717, 1.165) is 18.6 Å². The molecule has 2 atom stereocenters. The summed E-state index contributed by atoms with van der Waals surface area (Å²) in [5.41, 5.74) is 5.84. The summed E-state index contributed by atoms with van der Waals surface area (Å²) in [7, 11) is 0. The lowest BCUT2D eigenvalue weighted by Gasteiger charge is -2.15. The van der Waals surface area contributed by atoms with Crippen molar-refractivity contribution < 1.29 is 4.74 Å². The van der Waals surface area contributed by atoms with E-state index >= 15 is 0 Å². The van der Waals surface area contributed by atoms with Gasteiger partial charge >= 0.3 is 0 Å². The van der Waals surface area contributed by atoms with Crippen LogP contribution in [-0.4, -0.2) is 22.3 Å². The number of nitrogens with one attached hydrogen (secondary N) is 1. The van der Waals surface area contributed by atoms with Crippen molar-refractivity contribution in [2.75, 3.05) is 0 Å². The molecule has 0 aliphatic heterocycles. The summed E-state index contributed by atoms with van der Waals surface area (Å²) in [5.74, 6) is 0.789. The third-order valence-electron chi connectivity index (χ3n) is 2.26. The smallest absolute Gasteiger partial charge is 0.157 e. The Kier molecular flexibility index (Phi) is 1.99. The third-order valence-corrected chi connectivity index (χ3v) is 2.26. The van der Waals surface area contributed by atoms with E-state index in [1.54, 1.807) is 12.4 Å². The van der Waals surface area contributed by atoms with Crippen molar-refractivity contribution >= 4 is 0 Å². The van der Waals surface area contributed by atoms with Crippen molar-refractivity contribution in [3.63, 3.8) is 0 Å². The summed E-state index contributed by atoms with van der Waals surface area (Å²) in [5, 5.41) is 6.50. The van der Waals surface area contributed by atoms with Gasteiger partial charge in [0.15, 0.2) is 5.75 Å². The highest BCUT2D eigenvalue weighted by molar-refractivity contribution is 5.11. The first-order valence-corrected chi connectivity index (χ1v) is 4.27. The second-order valence-electron chi connectivity index (χ2n) is 3.19. The zero-order valence-electron chi connectivity index (χ0n) is 6.86. The van der Waals surface area contributed by atoms with Gasteiger partial charge in [0.2, 0.25) is 0 Å². The Bertz CT molecular complexity index is 234. The number of hydrogen-bond acceptors (Lipinski definition) is 3. The molecule has 0 amide bonds. The topological polar surface area (TPSA) is 63.9 Å². The first-order chi connectivity index (χ1) is 5.86. The van der Waals surface area contributed by atoms with E-state index in [2.05, 4.69) is 10.2 Å². The fourth-order valence-electron chi connectivity index (χ4n) is 1.58. The molecule has 1 aromatic rings. The molecule has 1 fully saturated rings. The summed E-state index contributed by atoms with van der Waals surface area (Å²) in [6.45, 7) is 0. The second-order valence-corrected chi connectivity index (χ2v) is 3.19. The standard InChI is InChI=1S/C8H13N3O/c9-7-2-1-3-8(7)12-6-4-10-11-5-6/h4-5,7-8H,1-3,9H2,(H,10,11). The van der Waals surface area contributed by atoms with Crippen LogP contribution in [-0.2, 0) is 0 Å². The van der Waals surface area contributed by atoms with Crippen molar-refractivity contribution in [3.05, 3.63) is 12.4 Å². The molecule has 1 aliphatic rings. The monoisotopic (exact) mass is 167 g/mol. The van der Waals surface area contributed by atoms with Gasteiger partial charge in [0, 0.05) is 6.04 Å². The number of hydrogen-bond donors (Lipinski definition) is 2. The van der Waals surface area contributed by atoms with Crippen LogP contribution < -0.4 is 10.5 Å². The lowest BCUT2D eigenvalue weighted by molar-refractivity contribution is 0.192. The van der Waals surface area contributed by atoms with E-state index in [1.165, 1.54) is 6.42 Å². The molecule has 1 aliphatic carbocycles. The van der Waals surface area contributed by atoms with E-state index in [9.17, 15) is 0 Å². The second kappa shape index (κ2) is 3.15. The van der Waals surface area contributed by atoms with Gasteiger partial charge in [-0.3, -0.25) is 5.10 Å². The molecule has 0 saturated heterocycles. The van der Waals surface area contributed by atoms with Crippen LogP contribution in [0, 0.1) is 0 Å². The first-order valence-electron chi connectivity index (χ1n) is 4.27. The Morgan fingerprint density at radius 1 is 1.58 bits per heavy atom. The van der Waals surface area contributed by atoms with Gasteiger partial charge < -0.3 is 10.5 Å². The molecular formula is C8H13N3O. The predicted octanol–water partition coefficient (Wildman–Crippen LogP) is 0.668. The minimum absolute atomic E-state index is 0.183. The molecule has 0 radical (unpaired) electrons. The Morgan fingerprint density at radius 2 is 2.50 bits per heavy atom. The highest BCUT2D eigenvalue weighted by atomic mass is 16.5. The van der Waals surface area contributed by atoms with Gasteiger partial charge in [-0.15, -0.1) is 0 Å². The van der Waals surface area contributed by atoms with E-state index in [1.807, 2.05) is 0 Å². The van der Waals surface area contributed by atoms with Crippen LogP contribution in [0.2, 0.25) is 0 Å². The van der Waals surface area contributed by atoms with Gasteiger partial charge in [-0.05, 0) is 19.3 Å². The summed E-state index contributed by atoms with van der Waals surface area (Å²) in [4.78, 5) is 0. The molecule has 2 rings (SSSR count). The quantitative estimate of drug-likeness (QED) is 0.680. The summed E-state index contributed by atoms with van der Waals surface area (Å²) in [6, 6.07) is 0.194. The molecule has 1 saturated carbocycles. The molecule has 1 heterocycles. The lowest BCUT2D eigenvalue weighted by atomic mass is 10.2. The lowest BCUT2D eigenvalue weighted by Crippen LogP contribution is -2.33. The average molecular weight is 167 g/mol. The molecule has 0 spiro atoms. The molecule has 2 unspecified atom stereocenters. The number of rotatable bonds is 2. The molecule has 66 valence electrons. The summed E-state index contributed by atoms with van der Waals surface area (Å²) >= 11 is 0. The van der Waals surface area contributed by atoms with Crippen LogP contribution in [0.5, 0.6) is 5.75 Å². The number of nitrogens with zero attached hydrogens (tertiary/aromatic N) is 1. The Balaban J connectivity index is 1.95. The zero-order chi connectivity index (χ0) is 8.39. The first kappa shape index (κ1) is 7.61. The molecule has 0 aromatic carbocycles. The molecule has 12 heavy (non-hydrogen) atoms. The van der Waals surface area contributed by atoms with Gasteiger partial charge in [0.05, 0.1) is 12.4 Å². The molecule has 3 N–H and O–H groups in total. The van der Waals surface area contributed by atoms with Crippen molar-refractivity contribution in [1.29, 1.82) is 0 Å². The molecule has 4 nitrogen and oxygen atoms in total. The molecule has 0 bridgehead atoms. The number of H-pyrrole nitrogens is 1. The predicted molar refractivity (Wildman–Crippen MR) is 44.8 cm³/mol. The van der Waals surface area contributed by atoms with Crippen LogP contribution in [0.4, 0.5) is 0 Å².